The van der Waals surface area contributed by atoms with Gasteiger partial charge in [-0.25, -0.2) is 4.79 Å². The van der Waals surface area contributed by atoms with E-state index in [1.54, 1.807) is 20.1 Å². The minimum Gasteiger partial charge on any atom is -0.467 e. The van der Waals surface area contributed by atoms with Crippen LogP contribution in [0.25, 0.3) is 0 Å². The second kappa shape index (κ2) is 8.19. The van der Waals surface area contributed by atoms with Crippen LogP contribution in [0.3, 0.4) is 0 Å². The van der Waals surface area contributed by atoms with Crippen molar-refractivity contribution in [3.8, 4) is 0 Å². The number of carbonyl (C=O) groups is 2. The number of rotatable bonds is 7. The number of benzene rings is 1. The summed E-state index contributed by atoms with van der Waals surface area (Å²) in [5.41, 5.74) is -0.221. The highest BCUT2D eigenvalue weighted by Crippen LogP contribution is 2.20. The molecule has 1 aromatic rings. The minimum atomic E-state index is -1.10. The van der Waals surface area contributed by atoms with Crippen LogP contribution < -0.4 is 0 Å². The van der Waals surface area contributed by atoms with E-state index in [1.807, 2.05) is 30.3 Å². The maximum Gasteiger partial charge on any atom is 0.333 e. The number of carbonyl (C=O) groups excluding carboxylic acids is 2. The van der Waals surface area contributed by atoms with Gasteiger partial charge in [0.25, 0.3) is 0 Å². The zero-order valence-corrected chi connectivity index (χ0v) is 12.7. The van der Waals surface area contributed by atoms with Gasteiger partial charge in [0.1, 0.15) is 0 Å². The normalized spacial score (nSPS) is 13.7. The Kier molecular flexibility index (Phi) is 6.59. The molecule has 1 rings (SSSR count). The predicted octanol–water partition coefficient (Wildman–Crippen LogP) is 2.38. The average molecular weight is 291 g/mol. The van der Waals surface area contributed by atoms with Gasteiger partial charge in [0.2, 0.25) is 0 Å². The average Bonchev–Trinajstić information content (AvgIpc) is 2.51. The van der Waals surface area contributed by atoms with Crippen LogP contribution in [0.4, 0.5) is 0 Å². The van der Waals surface area contributed by atoms with Crippen LogP contribution in [0, 0.1) is 0 Å². The van der Waals surface area contributed by atoms with Gasteiger partial charge in [-0.3, -0.25) is 9.79 Å². The van der Waals surface area contributed by atoms with Gasteiger partial charge in [-0.2, -0.15) is 0 Å². The molecule has 0 saturated carbocycles. The summed E-state index contributed by atoms with van der Waals surface area (Å²) >= 11 is 0. The first-order chi connectivity index (χ1) is 10.0. The van der Waals surface area contributed by atoms with Crippen LogP contribution in [0.1, 0.15) is 32.3 Å². The van der Waals surface area contributed by atoms with Gasteiger partial charge in [0, 0.05) is 12.6 Å². The monoisotopic (exact) mass is 291 g/mol. The molecule has 0 radical (unpaired) electrons. The molecule has 0 amide bonds. The molecule has 5 nitrogen and oxygen atoms in total. The summed E-state index contributed by atoms with van der Waals surface area (Å²) in [4.78, 5) is 27.7. The number of hydrogen-bond donors (Lipinski definition) is 0. The Balaban J connectivity index is 2.81. The first kappa shape index (κ1) is 16.9. The molecule has 0 aromatic heterocycles. The standard InChI is InChI=1S/C16H21NO4/c1-4-21-14(18)10-11-16(2,15(19)20-3)17-12-13-8-6-5-7-9-13/h5-9,12H,4,10-11H2,1-3H3/t16-/m0/s1. The largest absolute Gasteiger partial charge is 0.467 e. The summed E-state index contributed by atoms with van der Waals surface area (Å²) in [7, 11) is 1.31. The topological polar surface area (TPSA) is 65.0 Å². The maximum absolute atomic E-state index is 11.9. The maximum atomic E-state index is 11.9. The van der Waals surface area contributed by atoms with Gasteiger partial charge in [0.15, 0.2) is 5.54 Å². The van der Waals surface area contributed by atoms with E-state index >= 15 is 0 Å². The molecular formula is C16H21NO4. The SMILES string of the molecule is CCOC(=O)CC[C@](C)(N=Cc1ccccc1)C(=O)OC. The van der Waals surface area contributed by atoms with Crippen molar-refractivity contribution in [1.82, 2.24) is 0 Å². The van der Waals surface area contributed by atoms with Crippen LogP contribution >= 0.6 is 0 Å². The smallest absolute Gasteiger partial charge is 0.333 e. The fourth-order valence-electron chi connectivity index (χ4n) is 1.77. The minimum absolute atomic E-state index is 0.117. The summed E-state index contributed by atoms with van der Waals surface area (Å²) < 4.78 is 9.66. The second-order valence-electron chi connectivity index (χ2n) is 4.74. The van der Waals surface area contributed by atoms with Crippen molar-refractivity contribution in [2.45, 2.75) is 32.2 Å². The molecule has 5 heteroatoms. The molecule has 0 bridgehead atoms. The molecule has 0 fully saturated rings. The zero-order chi connectivity index (χ0) is 15.7. The summed E-state index contributed by atoms with van der Waals surface area (Å²) in [5, 5.41) is 0. The first-order valence-corrected chi connectivity index (χ1v) is 6.86. The van der Waals surface area contributed by atoms with Crippen LogP contribution in [0.5, 0.6) is 0 Å². The summed E-state index contributed by atoms with van der Waals surface area (Å²) in [6.07, 6.45) is 1.97. The number of ether oxygens (including phenoxy) is 2. The third-order valence-corrected chi connectivity index (χ3v) is 3.04. The predicted molar refractivity (Wildman–Crippen MR) is 80.3 cm³/mol. The molecule has 0 aliphatic carbocycles. The fraction of sp³-hybridized carbons (Fsp3) is 0.438. The van der Waals surface area contributed by atoms with E-state index in [-0.39, 0.29) is 18.8 Å². The lowest BCUT2D eigenvalue weighted by Gasteiger charge is -2.21. The van der Waals surface area contributed by atoms with E-state index in [0.717, 1.165) is 5.56 Å². The Morgan fingerprint density at radius 1 is 1.29 bits per heavy atom. The Bertz CT molecular complexity index is 498. The highest BCUT2D eigenvalue weighted by atomic mass is 16.5. The summed E-state index contributed by atoms with van der Waals surface area (Å²) in [6.45, 7) is 3.71. The highest BCUT2D eigenvalue weighted by Gasteiger charge is 2.34. The number of methoxy groups -OCH3 is 1. The molecule has 1 atom stereocenters. The molecule has 0 spiro atoms. The van der Waals surface area contributed by atoms with Gasteiger partial charge < -0.3 is 9.47 Å². The third-order valence-electron chi connectivity index (χ3n) is 3.04. The number of hydrogen-bond acceptors (Lipinski definition) is 5. The van der Waals surface area contributed by atoms with Gasteiger partial charge in [-0.15, -0.1) is 0 Å². The van der Waals surface area contributed by atoms with Crippen molar-refractivity contribution in [2.24, 2.45) is 4.99 Å². The van der Waals surface area contributed by atoms with Crippen molar-refractivity contribution >= 4 is 18.2 Å². The van der Waals surface area contributed by atoms with Crippen LogP contribution in [0.15, 0.2) is 35.3 Å². The van der Waals surface area contributed by atoms with E-state index in [2.05, 4.69) is 4.99 Å². The highest BCUT2D eigenvalue weighted by molar-refractivity contribution is 5.87. The molecule has 0 aliphatic rings. The number of nitrogens with zero attached hydrogens (tertiary/aromatic N) is 1. The van der Waals surface area contributed by atoms with Gasteiger partial charge >= 0.3 is 11.9 Å². The van der Waals surface area contributed by atoms with Crippen LogP contribution in [0.2, 0.25) is 0 Å². The Hall–Kier alpha value is -2.17. The first-order valence-electron chi connectivity index (χ1n) is 6.86. The summed E-state index contributed by atoms with van der Waals surface area (Å²) in [5.74, 6) is -0.818. The Morgan fingerprint density at radius 3 is 2.52 bits per heavy atom. The molecule has 1 aromatic carbocycles. The van der Waals surface area contributed by atoms with E-state index in [1.165, 1.54) is 7.11 Å². The lowest BCUT2D eigenvalue weighted by molar-refractivity contribution is -0.148. The molecule has 0 aliphatic heterocycles. The van der Waals surface area contributed by atoms with E-state index in [9.17, 15) is 9.59 Å². The second-order valence-corrected chi connectivity index (χ2v) is 4.74. The molecular weight excluding hydrogens is 270 g/mol. The molecule has 0 N–H and O–H groups in total. The molecule has 0 unspecified atom stereocenters. The number of aliphatic imine (C=N–C) groups is 1. The molecule has 114 valence electrons. The number of esters is 2. The van der Waals surface area contributed by atoms with Crippen molar-refractivity contribution < 1.29 is 19.1 Å². The Morgan fingerprint density at radius 2 is 1.95 bits per heavy atom. The zero-order valence-electron chi connectivity index (χ0n) is 12.7. The van der Waals surface area contributed by atoms with Gasteiger partial charge in [-0.05, 0) is 25.8 Å². The van der Waals surface area contributed by atoms with Crippen molar-refractivity contribution in [1.29, 1.82) is 0 Å². The molecule has 21 heavy (non-hydrogen) atoms. The molecule has 0 heterocycles. The van der Waals surface area contributed by atoms with Gasteiger partial charge in [-0.1, -0.05) is 30.3 Å². The van der Waals surface area contributed by atoms with Gasteiger partial charge in [0.05, 0.1) is 13.7 Å². The van der Waals surface area contributed by atoms with Crippen molar-refractivity contribution in [2.75, 3.05) is 13.7 Å². The summed E-state index contributed by atoms with van der Waals surface area (Å²) in [6, 6.07) is 9.43. The molecule has 0 saturated heterocycles. The third kappa shape index (κ3) is 5.38. The lowest BCUT2D eigenvalue weighted by Crippen LogP contribution is -2.35. The van der Waals surface area contributed by atoms with E-state index in [4.69, 9.17) is 9.47 Å². The van der Waals surface area contributed by atoms with Crippen molar-refractivity contribution in [3.63, 3.8) is 0 Å². The lowest BCUT2D eigenvalue weighted by atomic mass is 9.96. The van der Waals surface area contributed by atoms with Crippen molar-refractivity contribution in [3.05, 3.63) is 35.9 Å². The van der Waals surface area contributed by atoms with E-state index in [0.29, 0.717) is 6.61 Å². The van der Waals surface area contributed by atoms with Crippen LogP contribution in [-0.4, -0.2) is 37.4 Å². The fourth-order valence-corrected chi connectivity index (χ4v) is 1.77. The quantitative estimate of drug-likeness (QED) is 0.571. The Labute approximate surface area is 125 Å². The van der Waals surface area contributed by atoms with E-state index < -0.39 is 11.5 Å². The van der Waals surface area contributed by atoms with Crippen LogP contribution in [-0.2, 0) is 19.1 Å².